The molecule has 0 aromatic heterocycles. The van der Waals surface area contributed by atoms with Gasteiger partial charge in [-0.05, 0) is 12.8 Å². The lowest BCUT2D eigenvalue weighted by Crippen LogP contribution is -2.27. The van der Waals surface area contributed by atoms with Crippen molar-refractivity contribution in [1.29, 1.82) is 0 Å². The van der Waals surface area contributed by atoms with Crippen LogP contribution in [-0.2, 0) is 15.6 Å². The van der Waals surface area contributed by atoms with Gasteiger partial charge in [0.25, 0.3) is 0 Å². The molecule has 78 valence electrons. The predicted molar refractivity (Wildman–Crippen MR) is 56.1 cm³/mol. The Labute approximate surface area is 82.7 Å². The Kier molecular flexibility index (Phi) is 6.86. The summed E-state index contributed by atoms with van der Waals surface area (Å²) in [6, 6.07) is 0. The van der Waals surface area contributed by atoms with E-state index >= 15 is 0 Å². The summed E-state index contributed by atoms with van der Waals surface area (Å²) in [6.07, 6.45) is 3.95. The Hall–Kier alpha value is -0.380. The van der Waals surface area contributed by atoms with E-state index < -0.39 is 10.8 Å². The van der Waals surface area contributed by atoms with Gasteiger partial charge in [-0.15, -0.1) is 0 Å². The Morgan fingerprint density at radius 3 is 2.62 bits per heavy atom. The molecule has 0 aromatic carbocycles. The second-order valence-corrected chi connectivity index (χ2v) is 5.00. The third kappa shape index (κ3) is 6.75. The summed E-state index contributed by atoms with van der Waals surface area (Å²) in [6.45, 7) is 4.55. The quantitative estimate of drug-likeness (QED) is 0.705. The van der Waals surface area contributed by atoms with Crippen molar-refractivity contribution >= 4 is 16.7 Å². The van der Waals surface area contributed by atoms with Crippen LogP contribution in [0.25, 0.3) is 0 Å². The molecule has 0 aliphatic heterocycles. The van der Waals surface area contributed by atoms with Gasteiger partial charge in [-0.2, -0.15) is 0 Å². The Bertz CT molecular complexity index is 182. The molecular formula is C9H19NO2S. The van der Waals surface area contributed by atoms with Crippen LogP contribution in [0.15, 0.2) is 0 Å². The van der Waals surface area contributed by atoms with E-state index in [-0.39, 0.29) is 11.2 Å². The average Bonchev–Trinajstić information content (AvgIpc) is 2.04. The summed E-state index contributed by atoms with van der Waals surface area (Å²) in [4.78, 5) is 11.0. The fourth-order valence-corrected chi connectivity index (χ4v) is 1.35. The number of nitrogens with one attached hydrogen (secondary N) is 1. The predicted octanol–water partition coefficient (Wildman–Crippen LogP) is 1.06. The van der Waals surface area contributed by atoms with Crippen molar-refractivity contribution in [1.82, 2.24) is 5.32 Å². The van der Waals surface area contributed by atoms with Crippen molar-refractivity contribution in [2.45, 2.75) is 38.4 Å². The van der Waals surface area contributed by atoms with Crippen molar-refractivity contribution in [3.8, 4) is 0 Å². The first-order valence-electron chi connectivity index (χ1n) is 4.66. The molecule has 3 nitrogen and oxygen atoms in total. The standard InChI is InChI=1S/C9H19NO2S/c1-4-5-9(11)10-7-6-8(2)13(3)12/h8H,4-7H2,1-3H3,(H,10,11). The Morgan fingerprint density at radius 1 is 1.54 bits per heavy atom. The highest BCUT2D eigenvalue weighted by atomic mass is 32.2. The topological polar surface area (TPSA) is 46.2 Å². The molecule has 0 aliphatic rings. The van der Waals surface area contributed by atoms with Crippen LogP contribution in [0.5, 0.6) is 0 Å². The van der Waals surface area contributed by atoms with Gasteiger partial charge in [0.2, 0.25) is 5.91 Å². The van der Waals surface area contributed by atoms with Gasteiger partial charge in [-0.1, -0.05) is 13.8 Å². The van der Waals surface area contributed by atoms with Gasteiger partial charge in [0.15, 0.2) is 0 Å². The summed E-state index contributed by atoms with van der Waals surface area (Å²) in [7, 11) is -0.780. The smallest absolute Gasteiger partial charge is 0.219 e. The first kappa shape index (κ1) is 12.6. The molecule has 2 atom stereocenters. The van der Waals surface area contributed by atoms with E-state index in [1.165, 1.54) is 0 Å². The van der Waals surface area contributed by atoms with Crippen LogP contribution in [0, 0.1) is 0 Å². The van der Waals surface area contributed by atoms with Gasteiger partial charge in [0.05, 0.1) is 0 Å². The second kappa shape index (κ2) is 7.06. The van der Waals surface area contributed by atoms with Crippen molar-refractivity contribution in [3.63, 3.8) is 0 Å². The Morgan fingerprint density at radius 2 is 2.15 bits per heavy atom. The number of amides is 1. The van der Waals surface area contributed by atoms with Gasteiger partial charge in [0, 0.05) is 35.3 Å². The fourth-order valence-electron chi connectivity index (χ4n) is 0.896. The third-order valence-electron chi connectivity index (χ3n) is 1.92. The van der Waals surface area contributed by atoms with Gasteiger partial charge in [0.1, 0.15) is 0 Å². The highest BCUT2D eigenvalue weighted by Crippen LogP contribution is 1.97. The van der Waals surface area contributed by atoms with E-state index in [1.807, 2.05) is 13.8 Å². The zero-order valence-electron chi connectivity index (χ0n) is 8.63. The molecule has 0 aliphatic carbocycles. The maximum atomic E-state index is 11.0. The summed E-state index contributed by atoms with van der Waals surface area (Å²) in [5, 5.41) is 2.96. The van der Waals surface area contributed by atoms with E-state index in [2.05, 4.69) is 5.32 Å². The SMILES string of the molecule is CCCC(=O)NCCC(C)S(C)=O. The van der Waals surface area contributed by atoms with Crippen LogP contribution in [0.2, 0.25) is 0 Å². The monoisotopic (exact) mass is 205 g/mol. The molecule has 0 rings (SSSR count). The van der Waals surface area contributed by atoms with Crippen LogP contribution < -0.4 is 5.32 Å². The molecule has 2 unspecified atom stereocenters. The van der Waals surface area contributed by atoms with Gasteiger partial charge in [-0.3, -0.25) is 9.00 Å². The molecule has 0 radical (unpaired) electrons. The van der Waals surface area contributed by atoms with Crippen LogP contribution >= 0.6 is 0 Å². The minimum atomic E-state index is -0.780. The lowest BCUT2D eigenvalue weighted by atomic mass is 10.3. The normalized spacial score (nSPS) is 15.0. The zero-order valence-corrected chi connectivity index (χ0v) is 9.45. The van der Waals surface area contributed by atoms with E-state index in [4.69, 9.17) is 0 Å². The first-order chi connectivity index (χ1) is 6.07. The average molecular weight is 205 g/mol. The highest BCUT2D eigenvalue weighted by molar-refractivity contribution is 7.84. The lowest BCUT2D eigenvalue weighted by molar-refractivity contribution is -0.121. The van der Waals surface area contributed by atoms with Crippen LogP contribution in [0.4, 0.5) is 0 Å². The van der Waals surface area contributed by atoms with E-state index in [9.17, 15) is 9.00 Å². The number of carbonyl (C=O) groups excluding carboxylic acids is 1. The molecule has 1 N–H and O–H groups in total. The maximum Gasteiger partial charge on any atom is 0.219 e. The molecule has 1 amide bonds. The van der Waals surface area contributed by atoms with Crippen molar-refractivity contribution in [2.24, 2.45) is 0 Å². The van der Waals surface area contributed by atoms with Gasteiger partial charge >= 0.3 is 0 Å². The van der Waals surface area contributed by atoms with Crippen molar-refractivity contribution < 1.29 is 9.00 Å². The molecule has 4 heteroatoms. The van der Waals surface area contributed by atoms with Crippen LogP contribution in [0.1, 0.15) is 33.1 Å². The molecule has 0 saturated carbocycles. The minimum absolute atomic E-state index is 0.0941. The van der Waals surface area contributed by atoms with Crippen molar-refractivity contribution in [2.75, 3.05) is 12.8 Å². The van der Waals surface area contributed by atoms with Crippen LogP contribution in [0.3, 0.4) is 0 Å². The lowest BCUT2D eigenvalue weighted by Gasteiger charge is -2.08. The molecule has 0 aromatic rings. The summed E-state index contributed by atoms with van der Waals surface area (Å²) >= 11 is 0. The number of hydrogen-bond donors (Lipinski definition) is 1. The molecule has 0 saturated heterocycles. The molecule has 0 spiro atoms. The molecule has 0 heterocycles. The summed E-state index contributed by atoms with van der Waals surface area (Å²) in [5.41, 5.74) is 0. The van der Waals surface area contributed by atoms with E-state index in [0.29, 0.717) is 13.0 Å². The maximum absolute atomic E-state index is 11.0. The summed E-state index contributed by atoms with van der Waals surface area (Å²) in [5.74, 6) is 0.0941. The number of rotatable bonds is 6. The van der Waals surface area contributed by atoms with E-state index in [1.54, 1.807) is 6.26 Å². The van der Waals surface area contributed by atoms with Gasteiger partial charge in [-0.25, -0.2) is 0 Å². The number of carbonyl (C=O) groups is 1. The first-order valence-corrected chi connectivity index (χ1v) is 6.29. The molecule has 0 bridgehead atoms. The van der Waals surface area contributed by atoms with E-state index in [0.717, 1.165) is 12.8 Å². The van der Waals surface area contributed by atoms with Gasteiger partial charge < -0.3 is 5.32 Å². The molecule has 13 heavy (non-hydrogen) atoms. The third-order valence-corrected chi connectivity index (χ3v) is 3.29. The molecule has 0 fully saturated rings. The zero-order chi connectivity index (χ0) is 10.3. The highest BCUT2D eigenvalue weighted by Gasteiger charge is 2.06. The van der Waals surface area contributed by atoms with Crippen LogP contribution in [-0.4, -0.2) is 28.2 Å². The Balaban J connectivity index is 3.44. The largest absolute Gasteiger partial charge is 0.356 e. The minimum Gasteiger partial charge on any atom is -0.356 e. The number of hydrogen-bond acceptors (Lipinski definition) is 2. The fraction of sp³-hybridized carbons (Fsp3) is 0.889. The second-order valence-electron chi connectivity index (χ2n) is 3.20. The molecular weight excluding hydrogens is 186 g/mol. The van der Waals surface area contributed by atoms with Crippen molar-refractivity contribution in [3.05, 3.63) is 0 Å². The summed E-state index contributed by atoms with van der Waals surface area (Å²) < 4.78 is 10.9.